The minimum absolute atomic E-state index is 0.386. The minimum atomic E-state index is -1.00. The number of aromatic nitrogens is 2. The number of carbonyl (C=O) groups is 2. The second-order valence-electron chi connectivity index (χ2n) is 6.91. The Labute approximate surface area is 171 Å². The molecule has 0 saturated carbocycles. The highest BCUT2D eigenvalue weighted by Gasteiger charge is 2.46. The van der Waals surface area contributed by atoms with Crippen LogP contribution in [0.1, 0.15) is 30.2 Å². The van der Waals surface area contributed by atoms with Crippen molar-refractivity contribution in [3.8, 4) is 0 Å². The Morgan fingerprint density at radius 1 is 1.13 bits per heavy atom. The van der Waals surface area contributed by atoms with E-state index in [1.54, 1.807) is 37.3 Å². The van der Waals surface area contributed by atoms with Gasteiger partial charge in [0.1, 0.15) is 18.3 Å². The van der Waals surface area contributed by atoms with Gasteiger partial charge in [0.15, 0.2) is 0 Å². The summed E-state index contributed by atoms with van der Waals surface area (Å²) in [6, 6.07) is 16.3. The topological polar surface area (TPSA) is 108 Å². The molecule has 4 rings (SSSR count). The number of hydrogen-bond donors (Lipinski definition) is 0. The number of nitrogens with zero attached hydrogens (tertiary/aromatic N) is 4. The number of benzene rings is 2. The smallest absolute Gasteiger partial charge is 0.417 e. The fourth-order valence-corrected chi connectivity index (χ4v) is 3.62. The molecule has 1 aromatic heterocycles. The molecule has 0 aliphatic carbocycles. The highest BCUT2D eigenvalue weighted by atomic mass is 16.6. The number of ether oxygens (including phenoxy) is 1. The van der Waals surface area contributed by atoms with E-state index >= 15 is 0 Å². The van der Waals surface area contributed by atoms with Gasteiger partial charge in [0.2, 0.25) is 6.33 Å². The summed E-state index contributed by atoms with van der Waals surface area (Å²) in [4.78, 5) is 41.4. The van der Waals surface area contributed by atoms with E-state index in [4.69, 9.17) is 4.74 Å². The van der Waals surface area contributed by atoms with Crippen molar-refractivity contribution in [2.24, 2.45) is 0 Å². The largest absolute Gasteiger partial charge is 0.439 e. The van der Waals surface area contributed by atoms with Gasteiger partial charge in [-0.05, 0) is 28.0 Å². The number of rotatable bonds is 5. The molecule has 3 aromatic rings. The lowest BCUT2D eigenvalue weighted by molar-refractivity contribution is -0.389. The van der Waals surface area contributed by atoms with E-state index in [1.165, 1.54) is 17.1 Å². The number of amides is 2. The molecule has 0 bridgehead atoms. The van der Waals surface area contributed by atoms with Gasteiger partial charge in [0.25, 0.3) is 5.91 Å². The van der Waals surface area contributed by atoms with Crippen molar-refractivity contribution in [3.05, 3.63) is 94.4 Å². The van der Waals surface area contributed by atoms with Crippen molar-refractivity contribution in [2.45, 2.75) is 25.1 Å². The van der Waals surface area contributed by atoms with Crippen LogP contribution in [0.3, 0.4) is 0 Å². The molecular weight excluding hydrogens is 388 g/mol. The number of imidazole rings is 1. The van der Waals surface area contributed by atoms with E-state index in [-0.39, 0.29) is 5.82 Å². The minimum Gasteiger partial charge on any atom is -0.439 e. The first kappa shape index (κ1) is 19.3. The molecule has 9 nitrogen and oxygen atoms in total. The fraction of sp³-hybridized carbons (Fsp3) is 0.190. The van der Waals surface area contributed by atoms with Gasteiger partial charge in [-0.3, -0.25) is 9.36 Å². The average Bonchev–Trinajstić information content (AvgIpc) is 3.34. The maximum Gasteiger partial charge on any atom is 0.417 e. The first-order chi connectivity index (χ1) is 14.5. The molecule has 0 radical (unpaired) electrons. The highest BCUT2D eigenvalue weighted by Crippen LogP contribution is 2.35. The molecule has 2 aromatic carbocycles. The van der Waals surface area contributed by atoms with E-state index in [2.05, 4.69) is 4.98 Å². The summed E-state index contributed by atoms with van der Waals surface area (Å²) in [6.45, 7) is 1.74. The van der Waals surface area contributed by atoms with Gasteiger partial charge in [0, 0.05) is 0 Å². The Morgan fingerprint density at radius 3 is 2.37 bits per heavy atom. The zero-order valence-corrected chi connectivity index (χ0v) is 16.0. The molecule has 1 saturated heterocycles. The summed E-state index contributed by atoms with van der Waals surface area (Å²) >= 11 is 0. The maximum atomic E-state index is 13.5. The summed E-state index contributed by atoms with van der Waals surface area (Å²) in [5.41, 5.74) is 1.35. The highest BCUT2D eigenvalue weighted by molar-refractivity contribution is 5.97. The van der Waals surface area contributed by atoms with Crippen LogP contribution in [0.25, 0.3) is 0 Å². The van der Waals surface area contributed by atoms with Gasteiger partial charge >= 0.3 is 11.9 Å². The van der Waals surface area contributed by atoms with Crippen LogP contribution in [-0.2, 0) is 9.53 Å². The van der Waals surface area contributed by atoms with E-state index < -0.39 is 35.1 Å². The second-order valence-corrected chi connectivity index (χ2v) is 6.91. The summed E-state index contributed by atoms with van der Waals surface area (Å²) in [5.74, 6) is -0.938. The van der Waals surface area contributed by atoms with Crippen molar-refractivity contribution in [3.63, 3.8) is 0 Å². The number of carbonyl (C=O) groups excluding carboxylic acids is 2. The second kappa shape index (κ2) is 7.78. The molecule has 30 heavy (non-hydrogen) atoms. The number of imide groups is 1. The summed E-state index contributed by atoms with van der Waals surface area (Å²) in [7, 11) is 0. The van der Waals surface area contributed by atoms with Crippen LogP contribution >= 0.6 is 0 Å². The van der Waals surface area contributed by atoms with Gasteiger partial charge in [-0.1, -0.05) is 60.7 Å². The molecule has 9 heteroatoms. The van der Waals surface area contributed by atoms with Crippen LogP contribution in [0.2, 0.25) is 0 Å². The van der Waals surface area contributed by atoms with Gasteiger partial charge < -0.3 is 14.9 Å². The molecule has 0 N–H and O–H groups in total. The van der Waals surface area contributed by atoms with E-state index in [0.717, 1.165) is 10.5 Å². The first-order valence-corrected chi connectivity index (χ1v) is 9.29. The van der Waals surface area contributed by atoms with E-state index in [0.29, 0.717) is 5.56 Å². The Morgan fingerprint density at radius 2 is 1.77 bits per heavy atom. The zero-order valence-electron chi connectivity index (χ0n) is 16.0. The zero-order chi connectivity index (χ0) is 21.3. The Hall–Kier alpha value is -4.01. The van der Waals surface area contributed by atoms with E-state index in [9.17, 15) is 19.7 Å². The van der Waals surface area contributed by atoms with Crippen LogP contribution in [0.15, 0.2) is 73.2 Å². The van der Waals surface area contributed by atoms with Crippen molar-refractivity contribution in [2.75, 3.05) is 0 Å². The van der Waals surface area contributed by atoms with Crippen molar-refractivity contribution >= 4 is 17.8 Å². The standard InChI is InChI=1S/C21H18N4O5/c1-14-19(16-10-6-3-7-11-16)30-21(27)24(14)20(26)18(15-8-4-2-5-9-15)23-12-17(22-13-23)25(28)29/h2-14,18-19H,1H3. The lowest BCUT2D eigenvalue weighted by Gasteiger charge is -2.25. The molecule has 0 spiro atoms. The van der Waals surface area contributed by atoms with Gasteiger partial charge in [-0.15, -0.1) is 0 Å². The molecule has 2 amide bonds. The molecule has 1 fully saturated rings. The van der Waals surface area contributed by atoms with Crippen molar-refractivity contribution in [1.29, 1.82) is 0 Å². The summed E-state index contributed by atoms with van der Waals surface area (Å²) in [6.07, 6.45) is 1.04. The van der Waals surface area contributed by atoms with Crippen molar-refractivity contribution < 1.29 is 19.2 Å². The SMILES string of the molecule is CC1C(c2ccccc2)OC(=O)N1C(=O)C(c1ccccc1)n1cnc([N+](=O)[O-])c1. The molecule has 1 aliphatic rings. The lowest BCUT2D eigenvalue weighted by Crippen LogP contribution is -2.42. The molecule has 3 unspecified atom stereocenters. The summed E-state index contributed by atoms with van der Waals surface area (Å²) in [5, 5.41) is 11.1. The number of cyclic esters (lactones) is 1. The normalized spacial score (nSPS) is 19.4. The lowest BCUT2D eigenvalue weighted by atomic mass is 10.0. The monoisotopic (exact) mass is 406 g/mol. The molecule has 3 atom stereocenters. The number of nitro groups is 1. The van der Waals surface area contributed by atoms with Crippen LogP contribution in [0, 0.1) is 10.1 Å². The van der Waals surface area contributed by atoms with Crippen LogP contribution in [-0.4, -0.2) is 37.4 Å². The predicted octanol–water partition coefficient (Wildman–Crippen LogP) is 3.49. The predicted molar refractivity (Wildman–Crippen MR) is 105 cm³/mol. The molecule has 152 valence electrons. The quantitative estimate of drug-likeness (QED) is 0.474. The average molecular weight is 406 g/mol. The third-order valence-electron chi connectivity index (χ3n) is 5.06. The van der Waals surface area contributed by atoms with Gasteiger partial charge in [0.05, 0.1) is 6.04 Å². The molecular formula is C21H18N4O5. The van der Waals surface area contributed by atoms with Crippen LogP contribution < -0.4 is 0 Å². The van der Waals surface area contributed by atoms with Crippen LogP contribution in [0.5, 0.6) is 0 Å². The fourth-order valence-electron chi connectivity index (χ4n) is 3.62. The first-order valence-electron chi connectivity index (χ1n) is 9.29. The third kappa shape index (κ3) is 3.41. The molecule has 1 aliphatic heterocycles. The Bertz CT molecular complexity index is 1080. The summed E-state index contributed by atoms with van der Waals surface area (Å²) < 4.78 is 6.83. The number of hydrogen-bond acceptors (Lipinski definition) is 6. The van der Waals surface area contributed by atoms with Gasteiger partial charge in [-0.25, -0.2) is 9.69 Å². The third-order valence-corrected chi connectivity index (χ3v) is 5.06. The van der Waals surface area contributed by atoms with Crippen molar-refractivity contribution in [1.82, 2.24) is 14.5 Å². The molecule has 2 heterocycles. The van der Waals surface area contributed by atoms with E-state index in [1.807, 2.05) is 30.3 Å². The van der Waals surface area contributed by atoms with Gasteiger partial charge in [-0.2, -0.15) is 0 Å². The Kier molecular flexibility index (Phi) is 5.01. The van der Waals surface area contributed by atoms with Crippen LogP contribution in [0.4, 0.5) is 10.6 Å². The maximum absolute atomic E-state index is 13.5. The Balaban J connectivity index is 1.71.